The highest BCUT2D eigenvalue weighted by Gasteiger charge is 2.31. The summed E-state index contributed by atoms with van der Waals surface area (Å²) in [7, 11) is 0. The fourth-order valence-electron chi connectivity index (χ4n) is 2.65. The number of hydrogen-bond donors (Lipinski definition) is 3. The lowest BCUT2D eigenvalue weighted by Gasteiger charge is -2.35. The number of nitrogens with one attached hydrogen (secondary N) is 1. The molecule has 0 aliphatic heterocycles. The van der Waals surface area contributed by atoms with Crippen LogP contribution in [0.5, 0.6) is 0 Å². The number of rotatable bonds is 4. The molecule has 4 N–H and O–H groups in total. The van der Waals surface area contributed by atoms with Gasteiger partial charge in [0.15, 0.2) is 0 Å². The first-order chi connectivity index (χ1) is 9.04. The predicted molar refractivity (Wildman–Crippen MR) is 76.9 cm³/mol. The molecule has 0 bridgehead atoms. The van der Waals surface area contributed by atoms with Crippen molar-refractivity contribution in [2.75, 3.05) is 17.6 Å². The minimum atomic E-state index is -0.614. The van der Waals surface area contributed by atoms with Crippen molar-refractivity contribution in [1.82, 2.24) is 9.97 Å². The molecular weight excluding hydrogens is 240 g/mol. The van der Waals surface area contributed by atoms with Crippen LogP contribution in [0.1, 0.15) is 45.1 Å². The van der Waals surface area contributed by atoms with Crippen molar-refractivity contribution in [3.63, 3.8) is 0 Å². The van der Waals surface area contributed by atoms with Gasteiger partial charge in [0.2, 0.25) is 0 Å². The third-order valence-corrected chi connectivity index (χ3v) is 4.12. The SMILES string of the molecule is CCc1c(N)ncnc1NCC1(O)CCC(C)CC1. The summed E-state index contributed by atoms with van der Waals surface area (Å²) in [6.07, 6.45) is 6.12. The van der Waals surface area contributed by atoms with Gasteiger partial charge in [-0.25, -0.2) is 9.97 Å². The lowest BCUT2D eigenvalue weighted by atomic mass is 9.79. The molecule has 0 unspecified atom stereocenters. The van der Waals surface area contributed by atoms with Gasteiger partial charge in [-0.05, 0) is 38.0 Å². The molecule has 0 radical (unpaired) electrons. The molecule has 1 aromatic heterocycles. The molecule has 2 rings (SSSR count). The Morgan fingerprint density at radius 3 is 2.74 bits per heavy atom. The third-order valence-electron chi connectivity index (χ3n) is 4.12. The number of aromatic nitrogens is 2. The highest BCUT2D eigenvalue weighted by Crippen LogP contribution is 2.32. The van der Waals surface area contributed by atoms with Gasteiger partial charge in [-0.15, -0.1) is 0 Å². The summed E-state index contributed by atoms with van der Waals surface area (Å²) >= 11 is 0. The fourth-order valence-corrected chi connectivity index (χ4v) is 2.65. The van der Waals surface area contributed by atoms with Crippen LogP contribution >= 0.6 is 0 Å². The maximum Gasteiger partial charge on any atom is 0.134 e. The number of hydrogen-bond acceptors (Lipinski definition) is 5. The Kier molecular flexibility index (Phi) is 4.24. The monoisotopic (exact) mass is 264 g/mol. The van der Waals surface area contributed by atoms with E-state index in [1.54, 1.807) is 0 Å². The van der Waals surface area contributed by atoms with E-state index in [9.17, 15) is 5.11 Å². The lowest BCUT2D eigenvalue weighted by Crippen LogP contribution is -2.40. The second-order valence-corrected chi connectivity index (χ2v) is 5.70. The molecular formula is C14H24N4O. The average molecular weight is 264 g/mol. The molecule has 1 heterocycles. The van der Waals surface area contributed by atoms with Crippen molar-refractivity contribution in [2.45, 2.75) is 51.6 Å². The van der Waals surface area contributed by atoms with Gasteiger partial charge in [-0.3, -0.25) is 0 Å². The molecule has 1 aliphatic rings. The Balaban J connectivity index is 2.01. The van der Waals surface area contributed by atoms with Crippen molar-refractivity contribution in [2.24, 2.45) is 5.92 Å². The Morgan fingerprint density at radius 2 is 2.11 bits per heavy atom. The van der Waals surface area contributed by atoms with E-state index >= 15 is 0 Å². The van der Waals surface area contributed by atoms with E-state index in [0.29, 0.717) is 12.4 Å². The predicted octanol–water partition coefficient (Wildman–Crippen LogP) is 1.97. The van der Waals surface area contributed by atoms with Crippen molar-refractivity contribution in [3.8, 4) is 0 Å². The molecule has 106 valence electrons. The van der Waals surface area contributed by atoms with Crippen LogP contribution in [0.2, 0.25) is 0 Å². The van der Waals surface area contributed by atoms with Gasteiger partial charge in [0.25, 0.3) is 0 Å². The minimum absolute atomic E-state index is 0.518. The second kappa shape index (κ2) is 5.74. The summed E-state index contributed by atoms with van der Waals surface area (Å²) in [5.41, 5.74) is 6.15. The molecule has 0 atom stereocenters. The van der Waals surface area contributed by atoms with Gasteiger partial charge in [-0.1, -0.05) is 13.8 Å². The molecule has 1 saturated carbocycles. The number of nitrogens with zero attached hydrogens (tertiary/aromatic N) is 2. The van der Waals surface area contributed by atoms with Crippen LogP contribution in [0, 0.1) is 5.92 Å². The highest BCUT2D eigenvalue weighted by molar-refractivity contribution is 5.55. The lowest BCUT2D eigenvalue weighted by molar-refractivity contribution is 0.00493. The first-order valence-corrected chi connectivity index (χ1v) is 7.09. The number of nitrogen functional groups attached to an aromatic ring is 1. The molecule has 0 amide bonds. The molecule has 1 fully saturated rings. The maximum atomic E-state index is 10.5. The average Bonchev–Trinajstić information content (AvgIpc) is 2.40. The number of nitrogens with two attached hydrogens (primary N) is 1. The van der Waals surface area contributed by atoms with Gasteiger partial charge < -0.3 is 16.2 Å². The highest BCUT2D eigenvalue weighted by atomic mass is 16.3. The summed E-state index contributed by atoms with van der Waals surface area (Å²) in [5, 5.41) is 13.8. The van der Waals surface area contributed by atoms with E-state index in [-0.39, 0.29) is 0 Å². The first-order valence-electron chi connectivity index (χ1n) is 7.09. The van der Waals surface area contributed by atoms with Crippen molar-refractivity contribution >= 4 is 11.6 Å². The van der Waals surface area contributed by atoms with Crippen LogP contribution in [-0.2, 0) is 6.42 Å². The first kappa shape index (κ1) is 14.1. The molecule has 19 heavy (non-hydrogen) atoms. The Morgan fingerprint density at radius 1 is 1.42 bits per heavy atom. The Bertz CT molecular complexity index is 427. The van der Waals surface area contributed by atoms with Crippen LogP contribution in [0.25, 0.3) is 0 Å². The van der Waals surface area contributed by atoms with Crippen molar-refractivity contribution < 1.29 is 5.11 Å². The molecule has 0 saturated heterocycles. The number of aliphatic hydroxyl groups is 1. The Labute approximate surface area is 114 Å². The van der Waals surface area contributed by atoms with Crippen LogP contribution in [0.15, 0.2) is 6.33 Å². The van der Waals surface area contributed by atoms with Gasteiger partial charge in [0.05, 0.1) is 5.60 Å². The number of anilines is 2. The Hall–Kier alpha value is -1.36. The third kappa shape index (κ3) is 3.35. The van der Waals surface area contributed by atoms with Crippen LogP contribution in [-0.4, -0.2) is 27.2 Å². The molecule has 5 heteroatoms. The van der Waals surface area contributed by atoms with Gasteiger partial charge in [0, 0.05) is 12.1 Å². The zero-order valence-corrected chi connectivity index (χ0v) is 11.8. The largest absolute Gasteiger partial charge is 0.388 e. The quantitative estimate of drug-likeness (QED) is 0.774. The fraction of sp³-hybridized carbons (Fsp3) is 0.714. The topological polar surface area (TPSA) is 84.1 Å². The summed E-state index contributed by atoms with van der Waals surface area (Å²) in [6, 6.07) is 0. The van der Waals surface area contributed by atoms with E-state index in [0.717, 1.165) is 49.4 Å². The smallest absolute Gasteiger partial charge is 0.134 e. The molecule has 1 aliphatic carbocycles. The maximum absolute atomic E-state index is 10.5. The summed E-state index contributed by atoms with van der Waals surface area (Å²) in [4.78, 5) is 8.22. The molecule has 0 aromatic carbocycles. The van der Waals surface area contributed by atoms with Gasteiger partial charge in [0.1, 0.15) is 18.0 Å². The van der Waals surface area contributed by atoms with Crippen LogP contribution in [0.3, 0.4) is 0 Å². The molecule has 1 aromatic rings. The van der Waals surface area contributed by atoms with E-state index in [2.05, 4.69) is 22.2 Å². The van der Waals surface area contributed by atoms with Crippen molar-refractivity contribution in [3.05, 3.63) is 11.9 Å². The summed E-state index contributed by atoms with van der Waals surface area (Å²) < 4.78 is 0. The molecule has 0 spiro atoms. The van der Waals surface area contributed by atoms with Gasteiger partial charge in [-0.2, -0.15) is 0 Å². The summed E-state index contributed by atoms with van der Waals surface area (Å²) in [6.45, 7) is 4.80. The van der Waals surface area contributed by atoms with Crippen LogP contribution < -0.4 is 11.1 Å². The van der Waals surface area contributed by atoms with E-state index in [1.165, 1.54) is 6.33 Å². The second-order valence-electron chi connectivity index (χ2n) is 5.70. The van der Waals surface area contributed by atoms with E-state index in [4.69, 9.17) is 5.73 Å². The minimum Gasteiger partial charge on any atom is -0.388 e. The molecule has 5 nitrogen and oxygen atoms in total. The van der Waals surface area contributed by atoms with E-state index < -0.39 is 5.60 Å². The van der Waals surface area contributed by atoms with Crippen LogP contribution in [0.4, 0.5) is 11.6 Å². The van der Waals surface area contributed by atoms with E-state index in [1.807, 2.05) is 6.92 Å². The van der Waals surface area contributed by atoms with Gasteiger partial charge >= 0.3 is 0 Å². The van der Waals surface area contributed by atoms with Crippen molar-refractivity contribution in [1.29, 1.82) is 0 Å². The zero-order chi connectivity index (χ0) is 13.9. The standard InChI is InChI=1S/C14H24N4O/c1-3-11-12(15)17-9-18-13(11)16-8-14(19)6-4-10(2)5-7-14/h9-10,19H,3-8H2,1-2H3,(H3,15,16,17,18). The zero-order valence-electron chi connectivity index (χ0n) is 11.8. The normalized spacial score (nSPS) is 27.2. The summed E-state index contributed by atoms with van der Waals surface area (Å²) in [5.74, 6) is 1.99.